The smallest absolute Gasteiger partial charge is 0.319 e. The van der Waals surface area contributed by atoms with Crippen LogP contribution in [-0.4, -0.2) is 57.8 Å². The third-order valence-corrected chi connectivity index (χ3v) is 6.02. The van der Waals surface area contributed by atoms with Gasteiger partial charge in [-0.15, -0.1) is 0 Å². The summed E-state index contributed by atoms with van der Waals surface area (Å²) in [5.41, 5.74) is 0.859. The molecule has 29 heavy (non-hydrogen) atoms. The lowest BCUT2D eigenvalue weighted by Gasteiger charge is -2.41. The zero-order chi connectivity index (χ0) is 20.2. The molecule has 1 saturated carbocycles. The minimum Gasteiger partial charge on any atom is -0.480 e. The molecule has 0 aromatic carbocycles. The summed E-state index contributed by atoms with van der Waals surface area (Å²) in [6.07, 6.45) is 6.80. The van der Waals surface area contributed by atoms with Gasteiger partial charge in [0.15, 0.2) is 5.82 Å². The summed E-state index contributed by atoms with van der Waals surface area (Å²) < 4.78 is 41.4. The molecule has 4 heterocycles. The first-order valence-corrected chi connectivity index (χ1v) is 9.39. The summed E-state index contributed by atoms with van der Waals surface area (Å²) in [6.45, 7) is -0.0166. The van der Waals surface area contributed by atoms with E-state index in [4.69, 9.17) is 9.47 Å². The maximum absolute atomic E-state index is 14.7. The molecule has 0 unspecified atom stereocenters. The topological polar surface area (TPSA) is 77.7 Å². The van der Waals surface area contributed by atoms with Gasteiger partial charge in [0.05, 0.1) is 31.7 Å². The van der Waals surface area contributed by atoms with Crippen molar-refractivity contribution in [2.75, 3.05) is 32.2 Å². The van der Waals surface area contributed by atoms with E-state index in [2.05, 4.69) is 20.1 Å². The second-order valence-electron chi connectivity index (χ2n) is 7.58. The Balaban J connectivity index is 1.56. The van der Waals surface area contributed by atoms with Crippen LogP contribution in [0.4, 0.5) is 14.6 Å². The van der Waals surface area contributed by atoms with Crippen LogP contribution in [0.2, 0.25) is 0 Å². The average molecular weight is 402 g/mol. The van der Waals surface area contributed by atoms with Gasteiger partial charge in [-0.05, 0) is 18.9 Å². The molecule has 0 atom stereocenters. The first kappa shape index (κ1) is 18.0. The minimum absolute atomic E-state index is 0.182. The van der Waals surface area contributed by atoms with Crippen LogP contribution in [0.15, 0.2) is 24.7 Å². The van der Waals surface area contributed by atoms with Crippen LogP contribution in [0.1, 0.15) is 19.3 Å². The molecular formula is C19H20F2N6O2. The van der Waals surface area contributed by atoms with Gasteiger partial charge in [0, 0.05) is 25.1 Å². The van der Waals surface area contributed by atoms with Gasteiger partial charge in [-0.3, -0.25) is 0 Å². The van der Waals surface area contributed by atoms with Crippen molar-refractivity contribution in [1.82, 2.24) is 24.6 Å². The Bertz CT molecular complexity index is 1080. The molecule has 1 aliphatic carbocycles. The lowest BCUT2D eigenvalue weighted by atomic mass is 9.66. The number of hydrogen-bond acceptors (Lipinski definition) is 7. The highest BCUT2D eigenvalue weighted by Crippen LogP contribution is 2.57. The van der Waals surface area contributed by atoms with Crippen molar-refractivity contribution < 1.29 is 18.3 Å². The molecule has 2 fully saturated rings. The predicted octanol–water partition coefficient (Wildman–Crippen LogP) is 2.83. The Labute approximate surface area is 165 Å². The zero-order valence-electron chi connectivity index (χ0n) is 16.1. The molecule has 1 saturated heterocycles. The van der Waals surface area contributed by atoms with Gasteiger partial charge in [0.2, 0.25) is 5.88 Å². The van der Waals surface area contributed by atoms with E-state index in [-0.39, 0.29) is 12.6 Å². The Morgan fingerprint density at radius 3 is 2.59 bits per heavy atom. The molecule has 1 spiro atoms. The van der Waals surface area contributed by atoms with Crippen molar-refractivity contribution in [3.8, 4) is 23.1 Å². The van der Waals surface area contributed by atoms with E-state index >= 15 is 0 Å². The summed E-state index contributed by atoms with van der Waals surface area (Å²) in [5.74, 6) is -1.89. The number of hydrogen-bond donors (Lipinski definition) is 0. The molecule has 3 aromatic heterocycles. The number of methoxy groups -OCH3 is 2. The molecule has 3 aromatic rings. The van der Waals surface area contributed by atoms with E-state index in [1.807, 2.05) is 0 Å². The predicted molar refractivity (Wildman–Crippen MR) is 101 cm³/mol. The third kappa shape index (κ3) is 2.61. The van der Waals surface area contributed by atoms with Crippen LogP contribution in [0.5, 0.6) is 11.9 Å². The molecular weight excluding hydrogens is 382 g/mol. The Morgan fingerprint density at radius 1 is 1.10 bits per heavy atom. The molecule has 2 aliphatic rings. The van der Waals surface area contributed by atoms with E-state index in [0.29, 0.717) is 47.9 Å². The van der Waals surface area contributed by atoms with Gasteiger partial charge in [0.1, 0.15) is 11.2 Å². The number of fused-ring (bicyclic) bond motifs is 1. The van der Waals surface area contributed by atoms with Gasteiger partial charge in [-0.25, -0.2) is 23.3 Å². The monoisotopic (exact) mass is 402 g/mol. The van der Waals surface area contributed by atoms with Crippen LogP contribution in [-0.2, 0) is 0 Å². The Kier molecular flexibility index (Phi) is 3.87. The number of halogens is 2. The lowest BCUT2D eigenvalue weighted by Crippen LogP contribution is -2.45. The number of ether oxygens (including phenoxy) is 2. The van der Waals surface area contributed by atoms with Crippen LogP contribution in [0.25, 0.3) is 16.8 Å². The molecule has 0 bridgehead atoms. The second-order valence-corrected chi connectivity index (χ2v) is 7.58. The summed E-state index contributed by atoms with van der Waals surface area (Å²) in [6, 6.07) is 1.97. The van der Waals surface area contributed by atoms with Crippen molar-refractivity contribution in [3.05, 3.63) is 24.7 Å². The highest BCUT2D eigenvalue weighted by Gasteiger charge is 2.63. The molecule has 8 nitrogen and oxygen atoms in total. The standard InChI is InChI=1S/C19H20F2N6O2/c1-28-16-12(9-23-17(24-16)29-2)13-8-14-15(22-6-7-27(14)25-13)26-10-18(4-3-5-18)19(20,21)11-26/h6-9H,3-5,10-11H2,1-2H3. The summed E-state index contributed by atoms with van der Waals surface area (Å²) in [7, 11) is 2.97. The number of nitrogens with zero attached hydrogens (tertiary/aromatic N) is 6. The zero-order valence-corrected chi connectivity index (χ0v) is 16.1. The molecule has 0 N–H and O–H groups in total. The van der Waals surface area contributed by atoms with Crippen LogP contribution < -0.4 is 14.4 Å². The van der Waals surface area contributed by atoms with E-state index in [0.717, 1.165) is 6.42 Å². The van der Waals surface area contributed by atoms with E-state index in [1.165, 1.54) is 14.2 Å². The van der Waals surface area contributed by atoms with Crippen molar-refractivity contribution in [2.45, 2.75) is 25.2 Å². The summed E-state index contributed by atoms with van der Waals surface area (Å²) >= 11 is 0. The first-order valence-electron chi connectivity index (χ1n) is 9.39. The molecule has 0 amide bonds. The van der Waals surface area contributed by atoms with Crippen molar-refractivity contribution in [1.29, 1.82) is 0 Å². The van der Waals surface area contributed by atoms with Crippen molar-refractivity contribution in [2.24, 2.45) is 5.41 Å². The SMILES string of the molecule is COc1ncc(-c2cc3c(N4CC(F)(F)C5(CCC5)C4)nccn3n2)c(OC)n1. The maximum atomic E-state index is 14.7. The average Bonchev–Trinajstić information content (AvgIpc) is 3.24. The van der Waals surface area contributed by atoms with Crippen molar-refractivity contribution in [3.63, 3.8) is 0 Å². The molecule has 5 rings (SSSR count). The fourth-order valence-corrected chi connectivity index (χ4v) is 4.29. The lowest BCUT2D eigenvalue weighted by molar-refractivity contribution is -0.122. The van der Waals surface area contributed by atoms with Gasteiger partial charge < -0.3 is 14.4 Å². The highest BCUT2D eigenvalue weighted by atomic mass is 19.3. The normalized spacial score (nSPS) is 19.5. The summed E-state index contributed by atoms with van der Waals surface area (Å²) in [4.78, 5) is 14.4. The van der Waals surface area contributed by atoms with Gasteiger partial charge in [0.25, 0.3) is 5.92 Å². The fraction of sp³-hybridized carbons (Fsp3) is 0.474. The quantitative estimate of drug-likeness (QED) is 0.664. The van der Waals surface area contributed by atoms with Gasteiger partial charge in [-0.1, -0.05) is 6.42 Å². The van der Waals surface area contributed by atoms with Crippen LogP contribution >= 0.6 is 0 Å². The number of rotatable bonds is 4. The van der Waals surface area contributed by atoms with Crippen LogP contribution in [0.3, 0.4) is 0 Å². The minimum atomic E-state index is -2.71. The molecule has 0 radical (unpaired) electrons. The van der Waals surface area contributed by atoms with Gasteiger partial charge in [-0.2, -0.15) is 10.1 Å². The fourth-order valence-electron chi connectivity index (χ4n) is 4.29. The maximum Gasteiger partial charge on any atom is 0.319 e. The number of alkyl halides is 2. The van der Waals surface area contributed by atoms with E-state index in [1.54, 1.807) is 34.1 Å². The Morgan fingerprint density at radius 2 is 1.93 bits per heavy atom. The molecule has 1 aliphatic heterocycles. The second kappa shape index (κ2) is 6.23. The van der Waals surface area contributed by atoms with E-state index in [9.17, 15) is 8.78 Å². The molecule has 10 heteroatoms. The van der Waals surface area contributed by atoms with Crippen LogP contribution in [0, 0.1) is 5.41 Å². The third-order valence-electron chi connectivity index (χ3n) is 6.02. The Hall–Kier alpha value is -3.04. The van der Waals surface area contributed by atoms with Crippen molar-refractivity contribution >= 4 is 11.3 Å². The first-order chi connectivity index (χ1) is 14.0. The highest BCUT2D eigenvalue weighted by molar-refractivity contribution is 5.77. The number of anilines is 1. The van der Waals surface area contributed by atoms with Gasteiger partial charge >= 0.3 is 6.01 Å². The molecule has 152 valence electrons. The summed E-state index contributed by atoms with van der Waals surface area (Å²) in [5, 5.41) is 4.55. The largest absolute Gasteiger partial charge is 0.480 e. The van der Waals surface area contributed by atoms with E-state index < -0.39 is 11.3 Å². The number of aromatic nitrogens is 5.